The first-order chi connectivity index (χ1) is 8.71. The maximum atomic E-state index is 11.4. The van der Waals surface area contributed by atoms with Gasteiger partial charge in [-0.1, -0.05) is 5.57 Å². The van der Waals surface area contributed by atoms with Crippen molar-refractivity contribution in [3.63, 3.8) is 0 Å². The van der Waals surface area contributed by atoms with Crippen molar-refractivity contribution in [2.75, 3.05) is 6.61 Å². The molecule has 19 heavy (non-hydrogen) atoms. The highest BCUT2D eigenvalue weighted by Crippen LogP contribution is 2.30. The number of benzene rings is 1. The number of non-ortho nitro benzene ring substituents is 1. The van der Waals surface area contributed by atoms with Crippen LogP contribution in [-0.2, 0) is 9.05 Å². The lowest BCUT2D eigenvalue weighted by Gasteiger charge is -2.07. The molecule has 104 valence electrons. The molecule has 0 heterocycles. The molecule has 0 fully saturated rings. The Bertz CT molecular complexity index is 620. The van der Waals surface area contributed by atoms with Gasteiger partial charge in [0, 0.05) is 22.8 Å². The molecule has 0 radical (unpaired) electrons. The van der Waals surface area contributed by atoms with E-state index >= 15 is 0 Å². The third kappa shape index (κ3) is 4.53. The number of nitro benzene ring substituents is 1. The minimum absolute atomic E-state index is 0.0156. The predicted molar refractivity (Wildman–Crippen MR) is 71.1 cm³/mol. The van der Waals surface area contributed by atoms with Crippen LogP contribution in [0.1, 0.15) is 13.8 Å². The van der Waals surface area contributed by atoms with E-state index in [4.69, 9.17) is 15.4 Å². The molecule has 6 nitrogen and oxygen atoms in total. The number of halogens is 1. The fourth-order valence-corrected chi connectivity index (χ4v) is 2.21. The molecular formula is C11H12ClNO5S. The second-order valence-electron chi connectivity index (χ2n) is 3.92. The third-order valence-corrected chi connectivity index (χ3v) is 3.47. The zero-order valence-corrected chi connectivity index (χ0v) is 11.9. The molecule has 1 aromatic rings. The average Bonchev–Trinajstić information content (AvgIpc) is 2.27. The van der Waals surface area contributed by atoms with Crippen molar-refractivity contribution in [2.24, 2.45) is 0 Å². The molecule has 0 amide bonds. The first-order valence-electron chi connectivity index (χ1n) is 5.21. The number of nitro groups is 1. The minimum atomic E-state index is -4.12. The van der Waals surface area contributed by atoms with E-state index in [1.807, 2.05) is 13.8 Å². The lowest BCUT2D eigenvalue weighted by atomic mass is 10.3. The van der Waals surface area contributed by atoms with Gasteiger partial charge in [-0.3, -0.25) is 10.1 Å². The molecule has 0 aromatic heterocycles. The van der Waals surface area contributed by atoms with E-state index in [1.165, 1.54) is 6.07 Å². The molecule has 0 atom stereocenters. The Kier molecular flexibility index (Phi) is 4.90. The Balaban J connectivity index is 3.17. The van der Waals surface area contributed by atoms with E-state index in [0.717, 1.165) is 17.7 Å². The van der Waals surface area contributed by atoms with Crippen LogP contribution in [-0.4, -0.2) is 19.9 Å². The maximum Gasteiger partial charge on any atom is 0.271 e. The van der Waals surface area contributed by atoms with Crippen molar-refractivity contribution < 1.29 is 18.1 Å². The SMILES string of the molecule is CC(C)=CCOc1ccc([N+](=O)[O-])cc1S(=O)(=O)Cl. The van der Waals surface area contributed by atoms with Gasteiger partial charge in [-0.05, 0) is 26.0 Å². The predicted octanol–water partition coefficient (Wildman–Crippen LogP) is 2.87. The Morgan fingerprint density at radius 1 is 1.47 bits per heavy atom. The summed E-state index contributed by atoms with van der Waals surface area (Å²) in [6.07, 6.45) is 1.74. The van der Waals surface area contributed by atoms with Crippen molar-refractivity contribution >= 4 is 25.4 Å². The summed E-state index contributed by atoms with van der Waals surface area (Å²) in [5.41, 5.74) is 0.631. The molecule has 0 saturated heterocycles. The second kappa shape index (κ2) is 6.03. The smallest absolute Gasteiger partial charge is 0.271 e. The van der Waals surface area contributed by atoms with Crippen LogP contribution in [0.25, 0.3) is 0 Å². The first kappa shape index (κ1) is 15.5. The molecule has 0 spiro atoms. The van der Waals surface area contributed by atoms with E-state index in [0.29, 0.717) is 0 Å². The molecule has 0 aliphatic rings. The molecule has 0 N–H and O–H groups in total. The van der Waals surface area contributed by atoms with Crippen LogP contribution in [0.2, 0.25) is 0 Å². The van der Waals surface area contributed by atoms with Gasteiger partial charge < -0.3 is 4.74 Å². The number of ether oxygens (including phenoxy) is 1. The van der Waals surface area contributed by atoms with E-state index in [9.17, 15) is 18.5 Å². The lowest BCUT2D eigenvalue weighted by Crippen LogP contribution is -2.01. The zero-order valence-electron chi connectivity index (χ0n) is 10.3. The summed E-state index contributed by atoms with van der Waals surface area (Å²) in [5, 5.41) is 10.6. The quantitative estimate of drug-likeness (QED) is 0.361. The fraction of sp³-hybridized carbons (Fsp3) is 0.273. The molecule has 1 rings (SSSR count). The Labute approximate surface area is 115 Å². The van der Waals surface area contributed by atoms with Gasteiger partial charge in [-0.15, -0.1) is 0 Å². The van der Waals surface area contributed by atoms with E-state index in [-0.39, 0.29) is 18.0 Å². The minimum Gasteiger partial charge on any atom is -0.488 e. The highest BCUT2D eigenvalue weighted by molar-refractivity contribution is 8.13. The zero-order chi connectivity index (χ0) is 14.6. The van der Waals surface area contributed by atoms with Crippen LogP contribution in [0.3, 0.4) is 0 Å². The van der Waals surface area contributed by atoms with Gasteiger partial charge in [0.05, 0.1) is 4.92 Å². The molecule has 8 heteroatoms. The second-order valence-corrected chi connectivity index (χ2v) is 6.45. The fourth-order valence-electron chi connectivity index (χ4n) is 1.22. The van der Waals surface area contributed by atoms with Crippen molar-refractivity contribution in [3.8, 4) is 5.75 Å². The molecule has 0 aliphatic carbocycles. The van der Waals surface area contributed by atoms with Crippen molar-refractivity contribution in [2.45, 2.75) is 18.7 Å². The van der Waals surface area contributed by atoms with Crippen LogP contribution < -0.4 is 4.74 Å². The van der Waals surface area contributed by atoms with Crippen LogP contribution in [0, 0.1) is 10.1 Å². The third-order valence-electron chi connectivity index (χ3n) is 2.13. The molecular weight excluding hydrogens is 294 g/mol. The van der Waals surface area contributed by atoms with Gasteiger partial charge in [0.1, 0.15) is 17.3 Å². The number of hydrogen-bond donors (Lipinski definition) is 0. The number of nitrogens with zero attached hydrogens (tertiary/aromatic N) is 1. The molecule has 0 aliphatic heterocycles. The summed E-state index contributed by atoms with van der Waals surface area (Å²) in [6, 6.07) is 3.25. The summed E-state index contributed by atoms with van der Waals surface area (Å²) in [5.74, 6) is -0.0156. The highest BCUT2D eigenvalue weighted by atomic mass is 35.7. The molecule has 0 saturated carbocycles. The maximum absolute atomic E-state index is 11.4. The van der Waals surface area contributed by atoms with Crippen LogP contribution >= 0.6 is 10.7 Å². The van der Waals surface area contributed by atoms with Crippen LogP contribution in [0.15, 0.2) is 34.7 Å². The first-order valence-corrected chi connectivity index (χ1v) is 7.52. The summed E-state index contributed by atoms with van der Waals surface area (Å²) in [7, 11) is 1.12. The summed E-state index contributed by atoms with van der Waals surface area (Å²) < 4.78 is 28.0. The summed E-state index contributed by atoms with van der Waals surface area (Å²) >= 11 is 0. The average molecular weight is 306 g/mol. The van der Waals surface area contributed by atoms with Crippen molar-refractivity contribution in [1.29, 1.82) is 0 Å². The lowest BCUT2D eigenvalue weighted by molar-refractivity contribution is -0.385. The Hall–Kier alpha value is -1.60. The number of allylic oxidation sites excluding steroid dienone is 1. The Morgan fingerprint density at radius 2 is 2.11 bits per heavy atom. The topological polar surface area (TPSA) is 86.5 Å². The van der Waals surface area contributed by atoms with Crippen molar-refractivity contribution in [3.05, 3.63) is 40.0 Å². The monoisotopic (exact) mass is 305 g/mol. The van der Waals surface area contributed by atoms with Gasteiger partial charge in [0.2, 0.25) is 0 Å². The largest absolute Gasteiger partial charge is 0.488 e. The van der Waals surface area contributed by atoms with E-state index in [1.54, 1.807) is 6.08 Å². The standard InChI is InChI=1S/C11H12ClNO5S/c1-8(2)5-6-18-10-4-3-9(13(14)15)7-11(10)19(12,16)17/h3-5,7H,6H2,1-2H3. The Morgan fingerprint density at radius 3 is 2.58 bits per heavy atom. The van der Waals surface area contributed by atoms with E-state index < -0.39 is 18.9 Å². The molecule has 0 bridgehead atoms. The van der Waals surface area contributed by atoms with Gasteiger partial charge in [-0.25, -0.2) is 8.42 Å². The van der Waals surface area contributed by atoms with E-state index in [2.05, 4.69) is 0 Å². The van der Waals surface area contributed by atoms with Gasteiger partial charge in [0.25, 0.3) is 14.7 Å². The summed E-state index contributed by atoms with van der Waals surface area (Å²) in [4.78, 5) is 9.50. The summed E-state index contributed by atoms with van der Waals surface area (Å²) in [6.45, 7) is 3.87. The van der Waals surface area contributed by atoms with Crippen LogP contribution in [0.4, 0.5) is 5.69 Å². The molecule has 1 aromatic carbocycles. The normalized spacial score (nSPS) is 10.9. The molecule has 0 unspecified atom stereocenters. The van der Waals surface area contributed by atoms with Crippen LogP contribution in [0.5, 0.6) is 5.75 Å². The highest BCUT2D eigenvalue weighted by Gasteiger charge is 2.21. The van der Waals surface area contributed by atoms with Gasteiger partial charge in [0.15, 0.2) is 0 Å². The van der Waals surface area contributed by atoms with Crippen molar-refractivity contribution in [1.82, 2.24) is 0 Å². The van der Waals surface area contributed by atoms with Gasteiger partial charge in [-0.2, -0.15) is 0 Å². The number of hydrogen-bond acceptors (Lipinski definition) is 5. The van der Waals surface area contributed by atoms with Gasteiger partial charge >= 0.3 is 0 Å². The number of rotatable bonds is 5.